The first-order valence-corrected chi connectivity index (χ1v) is 7.57. The zero-order valence-electron chi connectivity index (χ0n) is 12.5. The highest BCUT2D eigenvalue weighted by Crippen LogP contribution is 2.30. The lowest BCUT2D eigenvalue weighted by Crippen LogP contribution is -2.47. The number of amidine groups is 1. The summed E-state index contributed by atoms with van der Waals surface area (Å²) in [6, 6.07) is 17.5. The van der Waals surface area contributed by atoms with Crippen LogP contribution in [0.25, 0.3) is 6.08 Å². The molecule has 2 unspecified atom stereocenters. The summed E-state index contributed by atoms with van der Waals surface area (Å²) in [6.07, 6.45) is 6.57. The van der Waals surface area contributed by atoms with Crippen molar-refractivity contribution in [2.24, 2.45) is 4.99 Å². The molecule has 4 heteroatoms. The molecule has 2 aliphatic rings. The molecule has 0 saturated heterocycles. The Hall–Kier alpha value is -2.69. The van der Waals surface area contributed by atoms with Crippen LogP contribution in [0.2, 0.25) is 0 Å². The van der Waals surface area contributed by atoms with Gasteiger partial charge in [0.25, 0.3) is 5.84 Å². The highest BCUT2D eigenvalue weighted by molar-refractivity contribution is 5.87. The summed E-state index contributed by atoms with van der Waals surface area (Å²) in [6.45, 7) is 0.311. The number of hydrogen-bond donors (Lipinski definition) is 0. The SMILES string of the molecule is [O-][N+]1(Cc2ccccc2)C=CN=C1C1C=Cc2ccccc2O1. The van der Waals surface area contributed by atoms with Crippen molar-refractivity contribution in [1.29, 1.82) is 0 Å². The Kier molecular flexibility index (Phi) is 3.33. The standard InChI is InChI=1S/C19H16N2O2/c22-21(14-15-6-2-1-3-7-15)13-12-20-19(21)18-11-10-16-8-4-5-9-17(16)23-18/h1-13,18H,14H2. The number of fused-ring (bicyclic) bond motifs is 1. The van der Waals surface area contributed by atoms with Gasteiger partial charge in [0.05, 0.1) is 6.20 Å². The highest BCUT2D eigenvalue weighted by Gasteiger charge is 2.35. The van der Waals surface area contributed by atoms with Crippen LogP contribution < -0.4 is 4.74 Å². The number of hydroxylamine groups is 3. The minimum absolute atomic E-state index is 0.311. The molecule has 0 fully saturated rings. The molecule has 0 aromatic heterocycles. The summed E-state index contributed by atoms with van der Waals surface area (Å²) in [5.74, 6) is 1.24. The molecule has 0 N–H and O–H groups in total. The number of para-hydroxylation sites is 1. The van der Waals surface area contributed by atoms with Crippen molar-refractivity contribution in [1.82, 2.24) is 0 Å². The van der Waals surface area contributed by atoms with Gasteiger partial charge < -0.3 is 9.94 Å². The minimum atomic E-state index is -0.610. The average Bonchev–Trinajstić information content (AvgIpc) is 2.96. The van der Waals surface area contributed by atoms with E-state index in [9.17, 15) is 5.21 Å². The summed E-state index contributed by atoms with van der Waals surface area (Å²) in [4.78, 5) is 4.30. The lowest BCUT2D eigenvalue weighted by atomic mass is 10.1. The summed E-state index contributed by atoms with van der Waals surface area (Å²) < 4.78 is 5.37. The van der Waals surface area contributed by atoms with Crippen LogP contribution in [0, 0.1) is 5.21 Å². The van der Waals surface area contributed by atoms with Crippen molar-refractivity contribution in [2.45, 2.75) is 12.6 Å². The summed E-state index contributed by atoms with van der Waals surface area (Å²) in [5.41, 5.74) is 1.99. The maximum absolute atomic E-state index is 13.2. The molecule has 0 saturated carbocycles. The van der Waals surface area contributed by atoms with Gasteiger partial charge in [-0.15, -0.1) is 0 Å². The van der Waals surface area contributed by atoms with Crippen LogP contribution in [0.15, 0.2) is 78.1 Å². The molecule has 0 radical (unpaired) electrons. The third-order valence-corrected chi connectivity index (χ3v) is 4.04. The number of rotatable bonds is 3. The highest BCUT2D eigenvalue weighted by atomic mass is 16.6. The Labute approximate surface area is 134 Å². The first-order chi connectivity index (χ1) is 11.2. The second kappa shape index (κ2) is 5.50. The fourth-order valence-electron chi connectivity index (χ4n) is 2.90. The van der Waals surface area contributed by atoms with Crippen molar-refractivity contribution < 1.29 is 9.38 Å². The van der Waals surface area contributed by atoms with Crippen molar-refractivity contribution in [3.63, 3.8) is 0 Å². The van der Waals surface area contributed by atoms with Gasteiger partial charge in [-0.2, -0.15) is 4.99 Å². The summed E-state index contributed by atoms with van der Waals surface area (Å²) >= 11 is 0. The van der Waals surface area contributed by atoms with Crippen LogP contribution in [0.3, 0.4) is 0 Å². The summed E-state index contributed by atoms with van der Waals surface area (Å²) in [5, 5.41) is 13.2. The second-order valence-electron chi connectivity index (χ2n) is 5.66. The molecule has 4 rings (SSSR count). The van der Waals surface area contributed by atoms with E-state index in [2.05, 4.69) is 4.99 Å². The van der Waals surface area contributed by atoms with E-state index >= 15 is 0 Å². The molecule has 0 aliphatic carbocycles. The zero-order valence-corrected chi connectivity index (χ0v) is 12.5. The number of hydrogen-bond acceptors (Lipinski definition) is 3. The Morgan fingerprint density at radius 3 is 2.70 bits per heavy atom. The quantitative estimate of drug-likeness (QED) is 0.638. The minimum Gasteiger partial charge on any atom is -0.621 e. The zero-order chi connectivity index (χ0) is 15.7. The maximum atomic E-state index is 13.2. The smallest absolute Gasteiger partial charge is 0.253 e. The first kappa shape index (κ1) is 13.9. The Balaban J connectivity index is 1.60. The molecule has 0 bridgehead atoms. The number of quaternary nitrogens is 1. The average molecular weight is 304 g/mol. The van der Waals surface area contributed by atoms with Crippen molar-refractivity contribution in [3.8, 4) is 5.75 Å². The van der Waals surface area contributed by atoms with Crippen molar-refractivity contribution >= 4 is 11.9 Å². The van der Waals surface area contributed by atoms with Gasteiger partial charge >= 0.3 is 0 Å². The van der Waals surface area contributed by atoms with E-state index in [1.807, 2.05) is 66.7 Å². The number of aliphatic imine (C=N–C) groups is 1. The monoisotopic (exact) mass is 304 g/mol. The predicted molar refractivity (Wildman–Crippen MR) is 90.2 cm³/mol. The molecule has 2 atom stereocenters. The lowest BCUT2D eigenvalue weighted by Gasteiger charge is -2.38. The van der Waals surface area contributed by atoms with E-state index in [4.69, 9.17) is 4.74 Å². The van der Waals surface area contributed by atoms with Gasteiger partial charge in [-0.25, -0.2) is 0 Å². The van der Waals surface area contributed by atoms with E-state index in [0.717, 1.165) is 16.9 Å². The molecule has 2 aliphatic heterocycles. The van der Waals surface area contributed by atoms with Gasteiger partial charge in [0.1, 0.15) is 18.5 Å². The fourth-order valence-corrected chi connectivity index (χ4v) is 2.90. The molecular weight excluding hydrogens is 288 g/mol. The normalized spacial score (nSPS) is 24.9. The van der Waals surface area contributed by atoms with E-state index in [1.165, 1.54) is 0 Å². The van der Waals surface area contributed by atoms with E-state index in [-0.39, 0.29) is 0 Å². The van der Waals surface area contributed by atoms with Gasteiger partial charge in [0, 0.05) is 11.1 Å². The van der Waals surface area contributed by atoms with E-state index < -0.39 is 10.8 Å². The topological polar surface area (TPSA) is 44.7 Å². The van der Waals surface area contributed by atoms with Gasteiger partial charge in [0.2, 0.25) is 6.10 Å². The second-order valence-corrected chi connectivity index (χ2v) is 5.66. The van der Waals surface area contributed by atoms with Crippen LogP contribution in [-0.4, -0.2) is 16.6 Å². The largest absolute Gasteiger partial charge is 0.621 e. The molecule has 2 aromatic rings. The van der Waals surface area contributed by atoms with Gasteiger partial charge in [-0.1, -0.05) is 54.6 Å². The maximum Gasteiger partial charge on any atom is 0.253 e. The number of ether oxygens (including phenoxy) is 1. The third-order valence-electron chi connectivity index (χ3n) is 4.04. The first-order valence-electron chi connectivity index (χ1n) is 7.57. The molecule has 4 nitrogen and oxygen atoms in total. The van der Waals surface area contributed by atoms with Crippen molar-refractivity contribution in [3.05, 3.63) is 89.4 Å². The van der Waals surface area contributed by atoms with Gasteiger partial charge in [-0.05, 0) is 12.1 Å². The van der Waals surface area contributed by atoms with Crippen LogP contribution in [0.5, 0.6) is 5.75 Å². The van der Waals surface area contributed by atoms with E-state index in [0.29, 0.717) is 12.4 Å². The lowest BCUT2D eigenvalue weighted by molar-refractivity contribution is -0.748. The fraction of sp³-hybridized carbons (Fsp3) is 0.105. The van der Waals surface area contributed by atoms with Gasteiger partial charge in [-0.3, -0.25) is 4.65 Å². The molecule has 23 heavy (non-hydrogen) atoms. The number of nitrogens with zero attached hydrogens (tertiary/aromatic N) is 2. The Morgan fingerprint density at radius 2 is 1.83 bits per heavy atom. The van der Waals surface area contributed by atoms with Crippen LogP contribution >= 0.6 is 0 Å². The third kappa shape index (κ3) is 2.59. The van der Waals surface area contributed by atoms with Crippen LogP contribution in [0.4, 0.5) is 0 Å². The molecule has 0 amide bonds. The number of benzene rings is 2. The molecule has 2 heterocycles. The Morgan fingerprint density at radius 1 is 1.04 bits per heavy atom. The Bertz CT molecular complexity index is 811. The van der Waals surface area contributed by atoms with Crippen LogP contribution in [0.1, 0.15) is 11.1 Å². The molecule has 114 valence electrons. The molecule has 2 aromatic carbocycles. The molecular formula is C19H16N2O2. The van der Waals surface area contributed by atoms with Crippen molar-refractivity contribution in [2.75, 3.05) is 0 Å². The van der Waals surface area contributed by atoms with E-state index in [1.54, 1.807) is 12.4 Å². The predicted octanol–water partition coefficient (Wildman–Crippen LogP) is 3.86. The molecule has 0 spiro atoms. The summed E-state index contributed by atoms with van der Waals surface area (Å²) in [7, 11) is 0. The van der Waals surface area contributed by atoms with Crippen LogP contribution in [-0.2, 0) is 6.54 Å². The van der Waals surface area contributed by atoms with Gasteiger partial charge in [0.15, 0.2) is 0 Å².